The van der Waals surface area contributed by atoms with Gasteiger partial charge in [-0.25, -0.2) is 0 Å². The first-order valence-electron chi connectivity index (χ1n) is 7.79. The molecule has 1 aromatic rings. The van der Waals surface area contributed by atoms with Crippen LogP contribution in [0.2, 0.25) is 5.02 Å². The lowest BCUT2D eigenvalue weighted by Crippen LogP contribution is -2.33. The van der Waals surface area contributed by atoms with Gasteiger partial charge in [-0.05, 0) is 55.7 Å². The Hall–Kier alpha value is -0.890. The molecule has 2 nitrogen and oxygen atoms in total. The molecule has 1 aromatic carbocycles. The van der Waals surface area contributed by atoms with E-state index in [1.807, 2.05) is 18.2 Å². The standard InChI is InChI=1S/C17H26ClNO/c1-4-9-20-17-8-6-14(18)11-16(17)19-15-7-5-12(2)10-13(15)3/h6,8,11-13,15,19H,4-5,7,9-10H2,1-3H3. The van der Waals surface area contributed by atoms with E-state index in [4.69, 9.17) is 16.3 Å². The molecule has 0 amide bonds. The van der Waals surface area contributed by atoms with Gasteiger partial charge in [-0.15, -0.1) is 0 Å². The first-order chi connectivity index (χ1) is 9.60. The van der Waals surface area contributed by atoms with E-state index in [9.17, 15) is 0 Å². The predicted octanol–water partition coefficient (Wildman–Crippen LogP) is 5.37. The van der Waals surface area contributed by atoms with Crippen molar-refractivity contribution in [2.45, 2.75) is 52.5 Å². The molecule has 3 unspecified atom stereocenters. The van der Waals surface area contributed by atoms with Crippen molar-refractivity contribution in [2.24, 2.45) is 11.8 Å². The van der Waals surface area contributed by atoms with Gasteiger partial charge in [0.15, 0.2) is 0 Å². The van der Waals surface area contributed by atoms with E-state index in [0.717, 1.165) is 35.4 Å². The molecule has 0 bridgehead atoms. The van der Waals surface area contributed by atoms with Crippen LogP contribution in [0.4, 0.5) is 5.69 Å². The number of ether oxygens (including phenoxy) is 1. The highest BCUT2D eigenvalue weighted by molar-refractivity contribution is 6.30. The fourth-order valence-corrected chi connectivity index (χ4v) is 3.20. The lowest BCUT2D eigenvalue weighted by molar-refractivity contribution is 0.275. The summed E-state index contributed by atoms with van der Waals surface area (Å²) >= 11 is 6.13. The minimum Gasteiger partial charge on any atom is -0.491 e. The van der Waals surface area contributed by atoms with E-state index in [1.54, 1.807) is 0 Å². The molecule has 0 aliphatic heterocycles. The van der Waals surface area contributed by atoms with Crippen LogP contribution in [-0.4, -0.2) is 12.6 Å². The van der Waals surface area contributed by atoms with Crippen molar-refractivity contribution in [1.29, 1.82) is 0 Å². The highest BCUT2D eigenvalue weighted by atomic mass is 35.5. The third-order valence-electron chi connectivity index (χ3n) is 4.18. The first-order valence-corrected chi connectivity index (χ1v) is 8.16. The third kappa shape index (κ3) is 4.05. The highest BCUT2D eigenvalue weighted by Gasteiger charge is 2.25. The van der Waals surface area contributed by atoms with Crippen LogP contribution in [0.1, 0.15) is 46.5 Å². The summed E-state index contributed by atoms with van der Waals surface area (Å²) < 4.78 is 5.82. The Morgan fingerprint density at radius 1 is 1.30 bits per heavy atom. The van der Waals surface area contributed by atoms with Gasteiger partial charge in [0.25, 0.3) is 0 Å². The van der Waals surface area contributed by atoms with E-state index in [2.05, 4.69) is 26.1 Å². The summed E-state index contributed by atoms with van der Waals surface area (Å²) in [5.41, 5.74) is 1.04. The zero-order valence-electron chi connectivity index (χ0n) is 12.8. The zero-order chi connectivity index (χ0) is 14.5. The predicted molar refractivity (Wildman–Crippen MR) is 86.8 cm³/mol. The van der Waals surface area contributed by atoms with Crippen molar-refractivity contribution in [2.75, 3.05) is 11.9 Å². The van der Waals surface area contributed by atoms with Crippen LogP contribution in [0.25, 0.3) is 0 Å². The van der Waals surface area contributed by atoms with Crippen LogP contribution in [-0.2, 0) is 0 Å². The third-order valence-corrected chi connectivity index (χ3v) is 4.41. The minimum absolute atomic E-state index is 0.522. The fourth-order valence-electron chi connectivity index (χ4n) is 3.03. The van der Waals surface area contributed by atoms with Crippen LogP contribution in [0.3, 0.4) is 0 Å². The highest BCUT2D eigenvalue weighted by Crippen LogP contribution is 2.34. The van der Waals surface area contributed by atoms with Gasteiger partial charge < -0.3 is 10.1 Å². The summed E-state index contributed by atoms with van der Waals surface area (Å²) in [7, 11) is 0. The minimum atomic E-state index is 0.522. The maximum Gasteiger partial charge on any atom is 0.142 e. The summed E-state index contributed by atoms with van der Waals surface area (Å²) in [5.74, 6) is 2.46. The molecule has 0 saturated heterocycles. The molecule has 1 N–H and O–H groups in total. The number of rotatable bonds is 5. The van der Waals surface area contributed by atoms with Crippen LogP contribution in [0.15, 0.2) is 18.2 Å². The zero-order valence-corrected chi connectivity index (χ0v) is 13.5. The number of nitrogens with one attached hydrogen (secondary N) is 1. The molecule has 0 radical (unpaired) electrons. The Morgan fingerprint density at radius 2 is 2.10 bits per heavy atom. The molecule has 2 rings (SSSR count). The average molecular weight is 296 g/mol. The molecule has 20 heavy (non-hydrogen) atoms. The van der Waals surface area contributed by atoms with E-state index in [1.165, 1.54) is 19.3 Å². The molecule has 0 heterocycles. The largest absolute Gasteiger partial charge is 0.491 e. The molecule has 3 heteroatoms. The molecular weight excluding hydrogens is 270 g/mol. The second kappa shape index (κ2) is 7.21. The summed E-state index contributed by atoms with van der Waals surface area (Å²) in [5, 5.41) is 4.42. The number of halogens is 1. The Kier molecular flexibility index (Phi) is 5.59. The van der Waals surface area contributed by atoms with Gasteiger partial charge in [-0.1, -0.05) is 32.4 Å². The van der Waals surface area contributed by atoms with Crippen LogP contribution >= 0.6 is 11.6 Å². The molecule has 1 aliphatic rings. The number of hydrogen-bond donors (Lipinski definition) is 1. The number of anilines is 1. The molecule has 1 fully saturated rings. The van der Waals surface area contributed by atoms with Crippen molar-refractivity contribution in [3.05, 3.63) is 23.2 Å². The smallest absolute Gasteiger partial charge is 0.142 e. The van der Waals surface area contributed by atoms with Gasteiger partial charge in [0.1, 0.15) is 5.75 Å². The quantitative estimate of drug-likeness (QED) is 0.789. The van der Waals surface area contributed by atoms with Crippen molar-refractivity contribution < 1.29 is 4.74 Å². The molecule has 1 saturated carbocycles. The Labute approximate surface area is 127 Å². The second-order valence-electron chi connectivity index (χ2n) is 6.14. The van der Waals surface area contributed by atoms with E-state index >= 15 is 0 Å². The first kappa shape index (κ1) is 15.5. The lowest BCUT2D eigenvalue weighted by Gasteiger charge is -2.34. The Balaban J connectivity index is 2.09. The number of benzene rings is 1. The van der Waals surface area contributed by atoms with Gasteiger partial charge >= 0.3 is 0 Å². The van der Waals surface area contributed by atoms with Gasteiger partial charge in [-0.2, -0.15) is 0 Å². The SMILES string of the molecule is CCCOc1ccc(Cl)cc1NC1CCC(C)CC1C. The van der Waals surface area contributed by atoms with Crippen LogP contribution in [0, 0.1) is 11.8 Å². The fraction of sp³-hybridized carbons (Fsp3) is 0.647. The lowest BCUT2D eigenvalue weighted by atomic mass is 9.80. The summed E-state index contributed by atoms with van der Waals surface area (Å²) in [4.78, 5) is 0. The second-order valence-corrected chi connectivity index (χ2v) is 6.57. The normalized spacial score (nSPS) is 26.3. The van der Waals surface area contributed by atoms with E-state index in [-0.39, 0.29) is 0 Å². The molecule has 0 aromatic heterocycles. The average Bonchev–Trinajstić information content (AvgIpc) is 2.41. The van der Waals surface area contributed by atoms with Crippen LogP contribution < -0.4 is 10.1 Å². The summed E-state index contributed by atoms with van der Waals surface area (Å²) in [6.45, 7) is 7.55. The monoisotopic (exact) mass is 295 g/mol. The van der Waals surface area contributed by atoms with Crippen molar-refractivity contribution in [3.63, 3.8) is 0 Å². The molecule has 112 valence electrons. The maximum atomic E-state index is 6.13. The van der Waals surface area contributed by atoms with Crippen molar-refractivity contribution in [1.82, 2.24) is 0 Å². The molecule has 1 aliphatic carbocycles. The van der Waals surface area contributed by atoms with Gasteiger partial charge in [0.05, 0.1) is 12.3 Å². The Bertz CT molecular complexity index is 435. The van der Waals surface area contributed by atoms with Gasteiger partial charge in [0.2, 0.25) is 0 Å². The molecule has 0 spiro atoms. The summed E-state index contributed by atoms with van der Waals surface area (Å²) in [6, 6.07) is 6.37. The maximum absolute atomic E-state index is 6.13. The van der Waals surface area contributed by atoms with Crippen molar-refractivity contribution in [3.8, 4) is 5.75 Å². The van der Waals surface area contributed by atoms with Crippen molar-refractivity contribution >= 4 is 17.3 Å². The van der Waals surface area contributed by atoms with Gasteiger partial charge in [0, 0.05) is 11.1 Å². The molecular formula is C17H26ClNO. The number of hydrogen-bond acceptors (Lipinski definition) is 2. The molecule has 3 atom stereocenters. The van der Waals surface area contributed by atoms with E-state index in [0.29, 0.717) is 12.0 Å². The summed E-state index contributed by atoms with van der Waals surface area (Å²) in [6.07, 6.45) is 4.83. The topological polar surface area (TPSA) is 21.3 Å². The Morgan fingerprint density at radius 3 is 2.80 bits per heavy atom. The van der Waals surface area contributed by atoms with Gasteiger partial charge in [-0.3, -0.25) is 0 Å². The van der Waals surface area contributed by atoms with Crippen LogP contribution in [0.5, 0.6) is 5.75 Å². The van der Waals surface area contributed by atoms with E-state index < -0.39 is 0 Å².